The van der Waals surface area contributed by atoms with Gasteiger partial charge in [-0.15, -0.1) is 0 Å². The van der Waals surface area contributed by atoms with E-state index in [1.807, 2.05) is 4.90 Å². The van der Waals surface area contributed by atoms with Crippen LogP contribution in [0.15, 0.2) is 0 Å². The molecule has 1 fully saturated rings. The zero-order chi connectivity index (χ0) is 12.8. The van der Waals surface area contributed by atoms with E-state index in [1.54, 1.807) is 14.1 Å². The van der Waals surface area contributed by atoms with Crippen molar-refractivity contribution >= 4 is 11.9 Å². The van der Waals surface area contributed by atoms with Gasteiger partial charge in [-0.2, -0.15) is 0 Å². The predicted octanol–water partition coefficient (Wildman–Crippen LogP) is 0.906. The molecule has 1 atom stereocenters. The van der Waals surface area contributed by atoms with Gasteiger partial charge in [-0.3, -0.25) is 4.79 Å². The average Bonchev–Trinajstić information content (AvgIpc) is 2.28. The first-order chi connectivity index (χ1) is 8.00. The Morgan fingerprint density at radius 2 is 2.12 bits per heavy atom. The first kappa shape index (κ1) is 13.8. The van der Waals surface area contributed by atoms with E-state index in [9.17, 15) is 9.59 Å². The molecule has 0 aromatic rings. The van der Waals surface area contributed by atoms with Crippen molar-refractivity contribution in [3.05, 3.63) is 0 Å². The summed E-state index contributed by atoms with van der Waals surface area (Å²) < 4.78 is 0. The van der Waals surface area contributed by atoms with Gasteiger partial charge in [-0.1, -0.05) is 6.92 Å². The van der Waals surface area contributed by atoms with Crippen molar-refractivity contribution in [3.8, 4) is 0 Å². The molecule has 1 unspecified atom stereocenters. The molecule has 1 saturated heterocycles. The lowest BCUT2D eigenvalue weighted by Gasteiger charge is -2.30. The van der Waals surface area contributed by atoms with Crippen molar-refractivity contribution in [1.29, 1.82) is 0 Å². The van der Waals surface area contributed by atoms with Crippen molar-refractivity contribution in [2.75, 3.05) is 33.7 Å². The maximum absolute atomic E-state index is 11.8. The van der Waals surface area contributed by atoms with Gasteiger partial charge in [0.25, 0.3) is 0 Å². The van der Waals surface area contributed by atoms with Crippen LogP contribution in [0.2, 0.25) is 0 Å². The Hall–Kier alpha value is -1.26. The number of nitrogens with one attached hydrogen (secondary N) is 1. The number of hydrogen-bond donors (Lipinski definition) is 1. The molecule has 5 nitrogen and oxygen atoms in total. The van der Waals surface area contributed by atoms with Crippen LogP contribution in [-0.4, -0.2) is 55.5 Å². The summed E-state index contributed by atoms with van der Waals surface area (Å²) in [6, 6.07) is -0.0388. The van der Waals surface area contributed by atoms with Crippen LogP contribution in [0.3, 0.4) is 0 Å². The van der Waals surface area contributed by atoms with Crippen LogP contribution < -0.4 is 5.32 Å². The van der Waals surface area contributed by atoms with Crippen LogP contribution in [0.25, 0.3) is 0 Å². The summed E-state index contributed by atoms with van der Waals surface area (Å²) in [5.41, 5.74) is 0. The van der Waals surface area contributed by atoms with Crippen molar-refractivity contribution in [2.45, 2.75) is 26.2 Å². The maximum atomic E-state index is 11.8. The lowest BCUT2D eigenvalue weighted by molar-refractivity contribution is -0.128. The molecule has 3 amide bonds. The van der Waals surface area contributed by atoms with Gasteiger partial charge in [0.1, 0.15) is 0 Å². The zero-order valence-electron chi connectivity index (χ0n) is 11.0. The molecular weight excluding hydrogens is 218 g/mol. The van der Waals surface area contributed by atoms with Crippen molar-refractivity contribution in [3.63, 3.8) is 0 Å². The van der Waals surface area contributed by atoms with E-state index < -0.39 is 0 Å². The molecule has 0 aliphatic carbocycles. The Labute approximate surface area is 103 Å². The summed E-state index contributed by atoms with van der Waals surface area (Å²) in [6.07, 6.45) is 2.64. The fourth-order valence-electron chi connectivity index (χ4n) is 1.99. The SMILES string of the molecule is CC1CCCN(C(=O)NCCC(=O)N(C)C)C1. The van der Waals surface area contributed by atoms with Crippen LogP contribution in [0.4, 0.5) is 4.79 Å². The van der Waals surface area contributed by atoms with E-state index in [1.165, 1.54) is 11.3 Å². The second-order valence-corrected chi connectivity index (χ2v) is 4.96. The van der Waals surface area contributed by atoms with Gasteiger partial charge in [0.05, 0.1) is 0 Å². The molecule has 0 aromatic heterocycles. The number of hydrogen-bond acceptors (Lipinski definition) is 2. The molecule has 0 saturated carbocycles. The number of carbonyl (C=O) groups excluding carboxylic acids is 2. The van der Waals surface area contributed by atoms with Gasteiger partial charge < -0.3 is 15.1 Å². The number of nitrogens with zero attached hydrogens (tertiary/aromatic N) is 2. The molecule has 1 rings (SSSR count). The molecule has 1 aliphatic rings. The second kappa shape index (κ2) is 6.47. The van der Waals surface area contributed by atoms with Crippen molar-refractivity contribution < 1.29 is 9.59 Å². The highest BCUT2D eigenvalue weighted by molar-refractivity contribution is 5.78. The largest absolute Gasteiger partial charge is 0.349 e. The molecule has 0 radical (unpaired) electrons. The third-order valence-corrected chi connectivity index (χ3v) is 3.06. The van der Waals surface area contributed by atoms with E-state index >= 15 is 0 Å². The van der Waals surface area contributed by atoms with E-state index in [0.717, 1.165) is 19.5 Å². The average molecular weight is 241 g/mol. The maximum Gasteiger partial charge on any atom is 0.317 e. The van der Waals surface area contributed by atoms with Gasteiger partial charge >= 0.3 is 6.03 Å². The summed E-state index contributed by atoms with van der Waals surface area (Å²) in [4.78, 5) is 26.5. The molecule has 17 heavy (non-hydrogen) atoms. The van der Waals surface area contributed by atoms with Crippen LogP contribution in [0, 0.1) is 5.92 Å². The number of urea groups is 1. The Bertz CT molecular complexity index is 279. The minimum atomic E-state index is -0.0388. The first-order valence-corrected chi connectivity index (χ1v) is 6.23. The molecule has 1 N–H and O–H groups in total. The summed E-state index contributed by atoms with van der Waals surface area (Å²) in [5.74, 6) is 0.621. The topological polar surface area (TPSA) is 52.7 Å². The van der Waals surface area contributed by atoms with E-state index in [4.69, 9.17) is 0 Å². The molecule has 1 heterocycles. The minimum Gasteiger partial charge on any atom is -0.349 e. The van der Waals surface area contributed by atoms with Gasteiger partial charge in [-0.05, 0) is 18.8 Å². The lowest BCUT2D eigenvalue weighted by atomic mass is 10.0. The Balaban J connectivity index is 2.22. The van der Waals surface area contributed by atoms with E-state index in [-0.39, 0.29) is 11.9 Å². The lowest BCUT2D eigenvalue weighted by Crippen LogP contribution is -2.45. The minimum absolute atomic E-state index is 0.0388. The Morgan fingerprint density at radius 1 is 1.41 bits per heavy atom. The normalized spacial score (nSPS) is 19.9. The summed E-state index contributed by atoms with van der Waals surface area (Å²) in [7, 11) is 3.44. The monoisotopic (exact) mass is 241 g/mol. The number of carbonyl (C=O) groups is 2. The molecule has 1 aliphatic heterocycles. The highest BCUT2D eigenvalue weighted by Crippen LogP contribution is 2.15. The van der Waals surface area contributed by atoms with Gasteiger partial charge in [0, 0.05) is 40.2 Å². The molecule has 5 heteroatoms. The summed E-state index contributed by atoms with van der Waals surface area (Å²) in [6.45, 7) is 4.24. The van der Waals surface area contributed by atoms with Crippen LogP contribution in [0.1, 0.15) is 26.2 Å². The summed E-state index contributed by atoms with van der Waals surface area (Å²) >= 11 is 0. The number of rotatable bonds is 3. The molecular formula is C12H23N3O2. The van der Waals surface area contributed by atoms with Gasteiger partial charge in [0.15, 0.2) is 0 Å². The van der Waals surface area contributed by atoms with E-state index in [0.29, 0.717) is 18.9 Å². The number of amides is 3. The molecule has 0 bridgehead atoms. The van der Waals surface area contributed by atoms with Crippen molar-refractivity contribution in [1.82, 2.24) is 15.1 Å². The third-order valence-electron chi connectivity index (χ3n) is 3.06. The van der Waals surface area contributed by atoms with Crippen LogP contribution >= 0.6 is 0 Å². The van der Waals surface area contributed by atoms with Gasteiger partial charge in [0.2, 0.25) is 5.91 Å². The fourth-order valence-corrected chi connectivity index (χ4v) is 1.99. The predicted molar refractivity (Wildman–Crippen MR) is 66.7 cm³/mol. The van der Waals surface area contributed by atoms with Crippen molar-refractivity contribution in [2.24, 2.45) is 5.92 Å². The second-order valence-electron chi connectivity index (χ2n) is 4.96. The number of likely N-dealkylation sites (tertiary alicyclic amines) is 1. The molecule has 98 valence electrons. The van der Waals surface area contributed by atoms with Gasteiger partial charge in [-0.25, -0.2) is 4.79 Å². The highest BCUT2D eigenvalue weighted by atomic mass is 16.2. The fraction of sp³-hybridized carbons (Fsp3) is 0.833. The Kier molecular flexibility index (Phi) is 5.25. The third kappa shape index (κ3) is 4.63. The standard InChI is InChI=1S/C12H23N3O2/c1-10-5-4-8-15(9-10)12(17)13-7-6-11(16)14(2)3/h10H,4-9H2,1-3H3,(H,13,17). The summed E-state index contributed by atoms with van der Waals surface area (Å²) in [5, 5.41) is 2.80. The molecule has 0 spiro atoms. The van der Waals surface area contributed by atoms with E-state index in [2.05, 4.69) is 12.2 Å². The highest BCUT2D eigenvalue weighted by Gasteiger charge is 2.20. The number of piperidine rings is 1. The van der Waals surface area contributed by atoms with Crippen LogP contribution in [-0.2, 0) is 4.79 Å². The molecule has 0 aromatic carbocycles. The van der Waals surface area contributed by atoms with Crippen LogP contribution in [0.5, 0.6) is 0 Å². The smallest absolute Gasteiger partial charge is 0.317 e. The zero-order valence-corrected chi connectivity index (χ0v) is 11.0. The Morgan fingerprint density at radius 3 is 2.71 bits per heavy atom. The first-order valence-electron chi connectivity index (χ1n) is 6.23. The quantitative estimate of drug-likeness (QED) is 0.798.